The van der Waals surface area contributed by atoms with Crippen molar-refractivity contribution in [1.29, 1.82) is 0 Å². The van der Waals surface area contributed by atoms with Crippen molar-refractivity contribution in [3.8, 4) is 0 Å². The number of aryl methyl sites for hydroxylation is 1. The molecule has 7 heteroatoms. The molecule has 4 rings (SSSR count). The molecule has 0 amide bonds. The van der Waals surface area contributed by atoms with Gasteiger partial charge in [0.1, 0.15) is 17.7 Å². The molecule has 3 aromatic heterocycles. The minimum absolute atomic E-state index is 0.0540. The van der Waals surface area contributed by atoms with Crippen molar-refractivity contribution in [3.05, 3.63) is 54.0 Å². The zero-order valence-corrected chi connectivity index (χ0v) is 17.1. The number of nitrogens with one attached hydrogen (secondary N) is 2. The monoisotopic (exact) mass is 392 g/mol. The van der Waals surface area contributed by atoms with Gasteiger partial charge >= 0.3 is 0 Å². The van der Waals surface area contributed by atoms with Gasteiger partial charge in [-0.25, -0.2) is 19.3 Å². The predicted octanol–water partition coefficient (Wildman–Crippen LogP) is 5.19. The molecule has 1 atom stereocenters. The van der Waals surface area contributed by atoms with Crippen LogP contribution >= 0.6 is 0 Å². The molecular formula is C22H25FN6. The Morgan fingerprint density at radius 1 is 1.14 bits per heavy atom. The Hall–Kier alpha value is -3.09. The van der Waals surface area contributed by atoms with Crippen molar-refractivity contribution < 1.29 is 4.39 Å². The minimum Gasteiger partial charge on any atom is -0.362 e. The van der Waals surface area contributed by atoms with Crippen molar-refractivity contribution in [1.82, 2.24) is 24.9 Å². The Kier molecular flexibility index (Phi) is 4.90. The zero-order chi connectivity index (χ0) is 20.6. The highest BCUT2D eigenvalue weighted by Gasteiger charge is 2.19. The molecule has 0 aliphatic carbocycles. The lowest BCUT2D eigenvalue weighted by atomic mass is 9.88. The molecule has 150 valence electrons. The molecule has 0 aliphatic rings. The SMILES string of the molecule is C[C@H](Nc1ncnc2[nH]cnc12)c1cc2ccc(F)cc2nc1CCC(C)(C)C. The van der Waals surface area contributed by atoms with Crippen LogP contribution in [0.15, 0.2) is 36.9 Å². The van der Waals surface area contributed by atoms with E-state index in [-0.39, 0.29) is 17.3 Å². The van der Waals surface area contributed by atoms with Crippen LogP contribution in [0.2, 0.25) is 0 Å². The summed E-state index contributed by atoms with van der Waals surface area (Å²) >= 11 is 0. The fraction of sp³-hybridized carbons (Fsp3) is 0.364. The summed E-state index contributed by atoms with van der Waals surface area (Å²) in [7, 11) is 0. The van der Waals surface area contributed by atoms with Crippen LogP contribution in [0.3, 0.4) is 0 Å². The molecule has 2 N–H and O–H groups in total. The van der Waals surface area contributed by atoms with Crippen LogP contribution in [0.25, 0.3) is 22.1 Å². The summed E-state index contributed by atoms with van der Waals surface area (Å²) in [6, 6.07) is 6.79. The highest BCUT2D eigenvalue weighted by atomic mass is 19.1. The molecule has 1 aromatic carbocycles. The topological polar surface area (TPSA) is 79.4 Å². The average Bonchev–Trinajstić information content (AvgIpc) is 3.14. The molecule has 0 saturated carbocycles. The van der Waals surface area contributed by atoms with Crippen LogP contribution in [0.1, 0.15) is 51.4 Å². The molecule has 0 fully saturated rings. The first-order valence-corrected chi connectivity index (χ1v) is 9.80. The number of aromatic nitrogens is 5. The number of rotatable bonds is 5. The molecule has 0 aliphatic heterocycles. The number of pyridine rings is 1. The summed E-state index contributed by atoms with van der Waals surface area (Å²) in [6.07, 6.45) is 4.92. The van der Waals surface area contributed by atoms with E-state index in [4.69, 9.17) is 4.98 Å². The molecular weight excluding hydrogens is 367 g/mol. The maximum absolute atomic E-state index is 13.7. The van der Waals surface area contributed by atoms with E-state index in [1.165, 1.54) is 18.5 Å². The van der Waals surface area contributed by atoms with Gasteiger partial charge in [0.25, 0.3) is 0 Å². The number of halogens is 1. The second kappa shape index (κ2) is 7.39. The number of imidazole rings is 1. The molecule has 0 saturated heterocycles. The van der Waals surface area contributed by atoms with Crippen molar-refractivity contribution in [2.75, 3.05) is 5.32 Å². The van der Waals surface area contributed by atoms with Gasteiger partial charge in [-0.2, -0.15) is 0 Å². The predicted molar refractivity (Wildman–Crippen MR) is 113 cm³/mol. The summed E-state index contributed by atoms with van der Waals surface area (Å²) in [5, 5.41) is 4.37. The van der Waals surface area contributed by atoms with Gasteiger partial charge in [0.15, 0.2) is 11.5 Å². The third-order valence-electron chi connectivity index (χ3n) is 5.04. The van der Waals surface area contributed by atoms with Crippen molar-refractivity contribution in [2.24, 2.45) is 5.41 Å². The van der Waals surface area contributed by atoms with Crippen molar-refractivity contribution in [2.45, 2.75) is 46.6 Å². The summed E-state index contributed by atoms with van der Waals surface area (Å²) in [5.41, 5.74) is 4.31. The number of fused-ring (bicyclic) bond motifs is 2. The van der Waals surface area contributed by atoms with Crippen molar-refractivity contribution in [3.63, 3.8) is 0 Å². The average molecular weight is 392 g/mol. The number of nitrogens with zero attached hydrogens (tertiary/aromatic N) is 4. The summed E-state index contributed by atoms with van der Waals surface area (Å²) in [4.78, 5) is 20.7. The first kappa shape index (κ1) is 19.2. The maximum Gasteiger partial charge on any atom is 0.162 e. The standard InChI is InChI=1S/C22H25FN6/c1-13(28-21-19-20(25-11-24-19)26-12-27-21)16-9-14-5-6-15(23)10-18(14)29-17(16)7-8-22(2,3)4/h5-6,9-13H,7-8H2,1-4H3,(H2,24,25,26,27,28)/t13-/m0/s1. The molecule has 0 unspecified atom stereocenters. The first-order chi connectivity index (χ1) is 13.8. The Balaban J connectivity index is 1.73. The van der Waals surface area contributed by atoms with Gasteiger partial charge in [-0.05, 0) is 48.9 Å². The number of hydrogen-bond acceptors (Lipinski definition) is 5. The van der Waals surface area contributed by atoms with E-state index in [1.807, 2.05) is 0 Å². The largest absolute Gasteiger partial charge is 0.362 e. The quantitative estimate of drug-likeness (QED) is 0.488. The van der Waals surface area contributed by atoms with Gasteiger partial charge in [-0.15, -0.1) is 0 Å². The third-order valence-corrected chi connectivity index (χ3v) is 5.04. The van der Waals surface area contributed by atoms with E-state index in [0.717, 1.165) is 29.5 Å². The van der Waals surface area contributed by atoms with E-state index in [9.17, 15) is 4.39 Å². The van der Waals surface area contributed by atoms with E-state index in [1.54, 1.807) is 12.4 Å². The summed E-state index contributed by atoms with van der Waals surface area (Å²) in [6.45, 7) is 8.71. The van der Waals surface area contributed by atoms with Crippen LogP contribution in [0.5, 0.6) is 0 Å². The van der Waals surface area contributed by atoms with Gasteiger partial charge in [-0.3, -0.25) is 4.98 Å². The Labute approximate surface area is 169 Å². The zero-order valence-electron chi connectivity index (χ0n) is 17.1. The molecule has 6 nitrogen and oxygen atoms in total. The molecule has 4 aromatic rings. The molecule has 3 heterocycles. The number of benzene rings is 1. The van der Waals surface area contributed by atoms with E-state index in [2.05, 4.69) is 59.0 Å². The minimum atomic E-state index is -0.271. The highest BCUT2D eigenvalue weighted by Crippen LogP contribution is 2.29. The second-order valence-electron chi connectivity index (χ2n) is 8.61. The number of anilines is 1. The number of aromatic amines is 1. The number of hydrogen-bond donors (Lipinski definition) is 2. The lowest BCUT2D eigenvalue weighted by molar-refractivity contribution is 0.376. The van der Waals surface area contributed by atoms with E-state index < -0.39 is 0 Å². The van der Waals surface area contributed by atoms with Gasteiger partial charge in [0, 0.05) is 17.1 Å². The van der Waals surface area contributed by atoms with Gasteiger partial charge in [-0.1, -0.05) is 20.8 Å². The van der Waals surface area contributed by atoms with Gasteiger partial charge < -0.3 is 10.3 Å². The maximum atomic E-state index is 13.7. The molecule has 29 heavy (non-hydrogen) atoms. The number of H-pyrrole nitrogens is 1. The van der Waals surface area contributed by atoms with E-state index >= 15 is 0 Å². The molecule has 0 bridgehead atoms. The van der Waals surface area contributed by atoms with Gasteiger partial charge in [0.2, 0.25) is 0 Å². The Morgan fingerprint density at radius 2 is 1.97 bits per heavy atom. The first-order valence-electron chi connectivity index (χ1n) is 9.80. The fourth-order valence-electron chi connectivity index (χ4n) is 3.42. The Bertz CT molecular complexity index is 1160. The van der Waals surface area contributed by atoms with Crippen LogP contribution in [-0.2, 0) is 6.42 Å². The van der Waals surface area contributed by atoms with Crippen LogP contribution in [0.4, 0.5) is 10.2 Å². The highest BCUT2D eigenvalue weighted by molar-refractivity contribution is 5.83. The normalized spacial score (nSPS) is 13.1. The van der Waals surface area contributed by atoms with Crippen LogP contribution in [-0.4, -0.2) is 24.9 Å². The summed E-state index contributed by atoms with van der Waals surface area (Å²) in [5.74, 6) is 0.400. The molecule has 0 spiro atoms. The van der Waals surface area contributed by atoms with E-state index in [0.29, 0.717) is 22.5 Å². The fourth-order valence-corrected chi connectivity index (χ4v) is 3.42. The lowest BCUT2D eigenvalue weighted by Gasteiger charge is -2.22. The smallest absolute Gasteiger partial charge is 0.162 e. The van der Waals surface area contributed by atoms with Gasteiger partial charge in [0.05, 0.1) is 17.9 Å². The van der Waals surface area contributed by atoms with Crippen LogP contribution in [0, 0.1) is 11.2 Å². The third kappa shape index (κ3) is 4.18. The molecule has 0 radical (unpaired) electrons. The van der Waals surface area contributed by atoms with Crippen LogP contribution < -0.4 is 5.32 Å². The van der Waals surface area contributed by atoms with Crippen molar-refractivity contribution >= 4 is 27.9 Å². The summed E-state index contributed by atoms with van der Waals surface area (Å²) < 4.78 is 13.7. The Morgan fingerprint density at radius 3 is 2.76 bits per heavy atom. The second-order valence-corrected chi connectivity index (χ2v) is 8.61. The lowest BCUT2D eigenvalue weighted by Crippen LogP contribution is -2.14.